The SMILES string of the molecule is CCN1CC(=O)N(Cc2cccc(Cl)n2)CC1=O. The van der Waals surface area contributed by atoms with Crippen molar-refractivity contribution in [2.24, 2.45) is 0 Å². The summed E-state index contributed by atoms with van der Waals surface area (Å²) in [4.78, 5) is 30.8. The quantitative estimate of drug-likeness (QED) is 0.766. The summed E-state index contributed by atoms with van der Waals surface area (Å²) in [5.74, 6) is -0.0858. The fraction of sp³-hybridized carbons (Fsp3) is 0.417. The summed E-state index contributed by atoms with van der Waals surface area (Å²) in [5, 5.41) is 0.387. The van der Waals surface area contributed by atoms with Gasteiger partial charge in [0.25, 0.3) is 0 Å². The van der Waals surface area contributed by atoms with E-state index in [2.05, 4.69) is 4.98 Å². The lowest BCUT2D eigenvalue weighted by atomic mass is 10.2. The van der Waals surface area contributed by atoms with Crippen LogP contribution in [0.5, 0.6) is 0 Å². The Balaban J connectivity index is 2.06. The molecule has 1 aromatic heterocycles. The lowest BCUT2D eigenvalue weighted by Crippen LogP contribution is -2.53. The molecule has 0 unspecified atom stereocenters. The number of likely N-dealkylation sites (N-methyl/N-ethyl adjacent to an activating group) is 1. The van der Waals surface area contributed by atoms with Gasteiger partial charge < -0.3 is 9.80 Å². The average Bonchev–Trinajstić information content (AvgIpc) is 2.33. The molecule has 1 aliphatic rings. The average molecular weight is 268 g/mol. The second kappa shape index (κ2) is 5.35. The van der Waals surface area contributed by atoms with Crippen molar-refractivity contribution in [1.29, 1.82) is 0 Å². The topological polar surface area (TPSA) is 53.5 Å². The minimum Gasteiger partial charge on any atom is -0.332 e. The minimum absolute atomic E-state index is 0.0286. The molecule has 18 heavy (non-hydrogen) atoms. The zero-order chi connectivity index (χ0) is 13.1. The molecule has 0 aliphatic carbocycles. The van der Waals surface area contributed by atoms with Crippen LogP contribution in [0.15, 0.2) is 18.2 Å². The Morgan fingerprint density at radius 1 is 1.22 bits per heavy atom. The molecular formula is C12H14ClN3O2. The molecular weight excluding hydrogens is 254 g/mol. The van der Waals surface area contributed by atoms with Crippen LogP contribution in [-0.2, 0) is 16.1 Å². The van der Waals surface area contributed by atoms with E-state index >= 15 is 0 Å². The predicted molar refractivity (Wildman–Crippen MR) is 66.9 cm³/mol. The van der Waals surface area contributed by atoms with Gasteiger partial charge in [0.05, 0.1) is 18.8 Å². The van der Waals surface area contributed by atoms with Crippen molar-refractivity contribution in [1.82, 2.24) is 14.8 Å². The second-order valence-corrected chi connectivity index (χ2v) is 4.50. The van der Waals surface area contributed by atoms with E-state index in [0.717, 1.165) is 0 Å². The van der Waals surface area contributed by atoms with Crippen molar-refractivity contribution in [3.05, 3.63) is 29.0 Å². The third kappa shape index (κ3) is 2.79. The minimum atomic E-state index is -0.0572. The summed E-state index contributed by atoms with van der Waals surface area (Å²) >= 11 is 5.78. The normalized spacial score (nSPS) is 16.3. The third-order valence-corrected chi connectivity index (χ3v) is 3.08. The zero-order valence-corrected chi connectivity index (χ0v) is 10.9. The summed E-state index contributed by atoms with van der Waals surface area (Å²) in [5.41, 5.74) is 0.689. The number of hydrogen-bond acceptors (Lipinski definition) is 3. The lowest BCUT2D eigenvalue weighted by Gasteiger charge is -2.33. The van der Waals surface area contributed by atoms with Crippen LogP contribution in [0.2, 0.25) is 5.15 Å². The van der Waals surface area contributed by atoms with Crippen LogP contribution < -0.4 is 0 Å². The molecule has 0 radical (unpaired) electrons. The summed E-state index contributed by atoms with van der Waals surface area (Å²) in [7, 11) is 0. The van der Waals surface area contributed by atoms with Crippen LogP contribution in [0.3, 0.4) is 0 Å². The number of nitrogens with zero attached hydrogens (tertiary/aromatic N) is 3. The van der Waals surface area contributed by atoms with Gasteiger partial charge in [0, 0.05) is 6.54 Å². The Morgan fingerprint density at radius 3 is 2.56 bits per heavy atom. The van der Waals surface area contributed by atoms with E-state index in [9.17, 15) is 9.59 Å². The predicted octanol–water partition coefficient (Wildman–Crippen LogP) is 0.926. The van der Waals surface area contributed by atoms with Crippen LogP contribution in [0.1, 0.15) is 12.6 Å². The lowest BCUT2D eigenvalue weighted by molar-refractivity contribution is -0.150. The van der Waals surface area contributed by atoms with Gasteiger partial charge in [0.1, 0.15) is 11.7 Å². The Bertz CT molecular complexity index is 478. The molecule has 2 amide bonds. The number of carbonyl (C=O) groups excluding carboxylic acids is 2. The number of aromatic nitrogens is 1. The van der Waals surface area contributed by atoms with E-state index in [-0.39, 0.29) is 24.9 Å². The fourth-order valence-electron chi connectivity index (χ4n) is 1.87. The molecule has 2 rings (SSSR count). The molecule has 1 saturated heterocycles. The Kier molecular flexibility index (Phi) is 3.81. The van der Waals surface area contributed by atoms with Crippen molar-refractivity contribution in [3.8, 4) is 0 Å². The monoisotopic (exact) mass is 267 g/mol. The molecule has 5 nitrogen and oxygen atoms in total. The third-order valence-electron chi connectivity index (χ3n) is 2.87. The Morgan fingerprint density at radius 2 is 1.89 bits per heavy atom. The summed E-state index contributed by atoms with van der Waals surface area (Å²) in [6.07, 6.45) is 0. The highest BCUT2D eigenvalue weighted by atomic mass is 35.5. The largest absolute Gasteiger partial charge is 0.332 e. The van der Waals surface area contributed by atoms with Crippen molar-refractivity contribution in [2.45, 2.75) is 13.5 Å². The summed E-state index contributed by atoms with van der Waals surface area (Å²) in [6.45, 7) is 3.01. The van der Waals surface area contributed by atoms with Crippen LogP contribution >= 0.6 is 11.6 Å². The number of halogens is 1. The highest BCUT2D eigenvalue weighted by Gasteiger charge is 2.28. The maximum absolute atomic E-state index is 11.9. The number of hydrogen-bond donors (Lipinski definition) is 0. The Labute approximate surface area is 110 Å². The molecule has 6 heteroatoms. The number of pyridine rings is 1. The van der Waals surface area contributed by atoms with Gasteiger partial charge in [-0.15, -0.1) is 0 Å². The van der Waals surface area contributed by atoms with Crippen LogP contribution in [0.4, 0.5) is 0 Å². The van der Waals surface area contributed by atoms with Crippen molar-refractivity contribution in [2.75, 3.05) is 19.6 Å². The first-order valence-electron chi connectivity index (χ1n) is 5.77. The van der Waals surface area contributed by atoms with Gasteiger partial charge in [-0.3, -0.25) is 9.59 Å². The smallest absolute Gasteiger partial charge is 0.243 e. The van der Waals surface area contributed by atoms with Gasteiger partial charge in [-0.25, -0.2) is 4.98 Å². The molecule has 96 valence electrons. The molecule has 0 atom stereocenters. The van der Waals surface area contributed by atoms with Crippen LogP contribution in [0, 0.1) is 0 Å². The number of rotatable bonds is 3. The van der Waals surface area contributed by atoms with Gasteiger partial charge >= 0.3 is 0 Å². The first kappa shape index (κ1) is 12.8. The highest BCUT2D eigenvalue weighted by molar-refractivity contribution is 6.29. The molecule has 0 bridgehead atoms. The van der Waals surface area contributed by atoms with E-state index in [1.807, 2.05) is 6.92 Å². The molecule has 0 spiro atoms. The first-order chi connectivity index (χ1) is 8.60. The number of amides is 2. The summed E-state index contributed by atoms with van der Waals surface area (Å²) < 4.78 is 0. The fourth-order valence-corrected chi connectivity index (χ4v) is 2.05. The molecule has 1 aliphatic heterocycles. The van der Waals surface area contributed by atoms with E-state index in [1.165, 1.54) is 4.90 Å². The van der Waals surface area contributed by atoms with Gasteiger partial charge in [-0.2, -0.15) is 0 Å². The maximum Gasteiger partial charge on any atom is 0.243 e. The highest BCUT2D eigenvalue weighted by Crippen LogP contribution is 2.11. The van der Waals surface area contributed by atoms with Gasteiger partial charge in [0.15, 0.2) is 0 Å². The van der Waals surface area contributed by atoms with Crippen molar-refractivity contribution in [3.63, 3.8) is 0 Å². The molecule has 1 aromatic rings. The molecule has 2 heterocycles. The van der Waals surface area contributed by atoms with Crippen LogP contribution in [0.25, 0.3) is 0 Å². The maximum atomic E-state index is 11.9. The van der Waals surface area contributed by atoms with Crippen molar-refractivity contribution < 1.29 is 9.59 Å². The summed E-state index contributed by atoms with van der Waals surface area (Å²) in [6, 6.07) is 5.24. The van der Waals surface area contributed by atoms with Crippen LogP contribution in [-0.4, -0.2) is 46.2 Å². The standard InChI is InChI=1S/C12H14ClN3O2/c1-2-15-7-12(18)16(8-11(15)17)6-9-4-3-5-10(13)14-9/h3-5H,2,6-8H2,1H3. The van der Waals surface area contributed by atoms with E-state index in [1.54, 1.807) is 23.1 Å². The Hall–Kier alpha value is -1.62. The zero-order valence-electron chi connectivity index (χ0n) is 10.1. The van der Waals surface area contributed by atoms with E-state index < -0.39 is 0 Å². The van der Waals surface area contributed by atoms with Crippen molar-refractivity contribution >= 4 is 23.4 Å². The van der Waals surface area contributed by atoms with Gasteiger partial charge in [0.2, 0.25) is 11.8 Å². The number of carbonyl (C=O) groups is 2. The molecule has 0 N–H and O–H groups in total. The number of piperazine rings is 1. The molecule has 1 fully saturated rings. The van der Waals surface area contributed by atoms with Gasteiger partial charge in [-0.05, 0) is 19.1 Å². The van der Waals surface area contributed by atoms with E-state index in [0.29, 0.717) is 23.9 Å². The first-order valence-corrected chi connectivity index (χ1v) is 6.15. The van der Waals surface area contributed by atoms with Gasteiger partial charge in [-0.1, -0.05) is 17.7 Å². The molecule has 0 saturated carbocycles. The second-order valence-electron chi connectivity index (χ2n) is 4.11. The molecule has 0 aromatic carbocycles. The van der Waals surface area contributed by atoms with E-state index in [4.69, 9.17) is 11.6 Å².